The van der Waals surface area contributed by atoms with Crippen LogP contribution in [-0.4, -0.2) is 15.7 Å². The van der Waals surface area contributed by atoms with Crippen LogP contribution in [0.4, 0.5) is 18.9 Å². The van der Waals surface area contributed by atoms with Crippen LogP contribution in [0.3, 0.4) is 0 Å². The molecule has 0 fully saturated rings. The number of aromatic nitrogens is 2. The highest BCUT2D eigenvalue weighted by molar-refractivity contribution is 8.00. The van der Waals surface area contributed by atoms with Crippen LogP contribution in [0.1, 0.15) is 24.7 Å². The molecule has 0 amide bonds. The summed E-state index contributed by atoms with van der Waals surface area (Å²) in [4.78, 5) is 0.143. The quantitative estimate of drug-likeness (QED) is 0.859. The van der Waals surface area contributed by atoms with Crippen LogP contribution in [0.2, 0.25) is 0 Å². The van der Waals surface area contributed by atoms with Crippen molar-refractivity contribution >= 4 is 17.4 Å². The van der Waals surface area contributed by atoms with Gasteiger partial charge in [0, 0.05) is 17.5 Å². The van der Waals surface area contributed by atoms with Gasteiger partial charge in [0.25, 0.3) is 0 Å². The molecule has 2 aromatic rings. The highest BCUT2D eigenvalue weighted by Gasteiger charge is 2.29. The first kappa shape index (κ1) is 14.7. The van der Waals surface area contributed by atoms with Crippen molar-refractivity contribution < 1.29 is 17.6 Å². The molecular formula is C12H12F3N3OS. The van der Waals surface area contributed by atoms with Gasteiger partial charge in [0.1, 0.15) is 6.04 Å². The van der Waals surface area contributed by atoms with Gasteiger partial charge in [-0.05, 0) is 43.0 Å². The molecule has 0 aliphatic heterocycles. The first-order valence-electron chi connectivity index (χ1n) is 5.76. The number of nitrogens with one attached hydrogen (secondary N) is 1. The molecule has 1 aromatic carbocycles. The summed E-state index contributed by atoms with van der Waals surface area (Å²) in [7, 11) is 0. The fourth-order valence-corrected chi connectivity index (χ4v) is 2.09. The lowest BCUT2D eigenvalue weighted by Gasteiger charge is -2.12. The zero-order chi connectivity index (χ0) is 14.8. The number of halogens is 3. The second kappa shape index (κ2) is 5.74. The van der Waals surface area contributed by atoms with Crippen molar-refractivity contribution in [2.75, 3.05) is 5.32 Å². The Kier molecular flexibility index (Phi) is 4.22. The van der Waals surface area contributed by atoms with Gasteiger partial charge in [0.2, 0.25) is 11.8 Å². The monoisotopic (exact) mass is 303 g/mol. The topological polar surface area (TPSA) is 51.0 Å². The summed E-state index contributed by atoms with van der Waals surface area (Å²) < 4.78 is 41.9. The van der Waals surface area contributed by atoms with E-state index in [2.05, 4.69) is 15.5 Å². The minimum atomic E-state index is -4.27. The molecule has 2 rings (SSSR count). The van der Waals surface area contributed by atoms with E-state index in [0.717, 1.165) is 0 Å². The number of anilines is 1. The van der Waals surface area contributed by atoms with Crippen molar-refractivity contribution in [2.45, 2.75) is 30.3 Å². The first-order chi connectivity index (χ1) is 9.33. The zero-order valence-corrected chi connectivity index (χ0v) is 11.5. The summed E-state index contributed by atoms with van der Waals surface area (Å²) in [5.74, 6) is 0.891. The Labute approximate surface area is 117 Å². The highest BCUT2D eigenvalue weighted by atomic mass is 32.2. The molecule has 0 bridgehead atoms. The van der Waals surface area contributed by atoms with Crippen LogP contribution in [0, 0.1) is 6.92 Å². The highest BCUT2D eigenvalue weighted by Crippen LogP contribution is 2.37. The third-order valence-corrected chi connectivity index (χ3v) is 3.12. The molecule has 0 saturated heterocycles. The third kappa shape index (κ3) is 4.16. The standard InChI is InChI=1S/C12H12F3N3OS/c1-7(11-18-17-8(2)19-11)16-9-3-5-10(6-4-9)20-12(13,14)15/h3-7,16H,1-2H3. The van der Waals surface area contributed by atoms with Crippen molar-refractivity contribution in [3.05, 3.63) is 36.0 Å². The minimum Gasteiger partial charge on any atom is -0.423 e. The van der Waals surface area contributed by atoms with Crippen LogP contribution < -0.4 is 5.32 Å². The van der Waals surface area contributed by atoms with Crippen molar-refractivity contribution in [3.63, 3.8) is 0 Å². The van der Waals surface area contributed by atoms with Crippen molar-refractivity contribution in [1.29, 1.82) is 0 Å². The second-order valence-corrected chi connectivity index (χ2v) is 5.24. The lowest BCUT2D eigenvalue weighted by Crippen LogP contribution is -2.07. The molecule has 1 aromatic heterocycles. The van der Waals surface area contributed by atoms with E-state index in [9.17, 15) is 13.2 Å². The molecule has 0 aliphatic rings. The maximum absolute atomic E-state index is 12.2. The van der Waals surface area contributed by atoms with E-state index in [1.807, 2.05) is 6.92 Å². The van der Waals surface area contributed by atoms with Crippen LogP contribution >= 0.6 is 11.8 Å². The SMILES string of the molecule is Cc1nnc(C(C)Nc2ccc(SC(F)(F)F)cc2)o1. The normalized spacial score (nSPS) is 13.2. The van der Waals surface area contributed by atoms with Crippen LogP contribution in [0.15, 0.2) is 33.6 Å². The molecule has 8 heteroatoms. The van der Waals surface area contributed by atoms with Gasteiger partial charge in [-0.3, -0.25) is 0 Å². The van der Waals surface area contributed by atoms with E-state index >= 15 is 0 Å². The number of aryl methyl sites for hydroxylation is 1. The summed E-state index contributed by atoms with van der Waals surface area (Å²) >= 11 is -0.141. The molecule has 0 spiro atoms. The number of thioether (sulfide) groups is 1. The maximum Gasteiger partial charge on any atom is 0.446 e. The number of hydrogen-bond donors (Lipinski definition) is 1. The summed E-state index contributed by atoms with van der Waals surface area (Å²) in [5, 5.41) is 10.7. The molecule has 1 atom stereocenters. The average molecular weight is 303 g/mol. The van der Waals surface area contributed by atoms with Gasteiger partial charge in [-0.15, -0.1) is 10.2 Å². The lowest BCUT2D eigenvalue weighted by atomic mass is 10.2. The fourth-order valence-electron chi connectivity index (χ4n) is 1.55. The Morgan fingerprint density at radius 2 is 1.85 bits per heavy atom. The number of benzene rings is 1. The number of hydrogen-bond acceptors (Lipinski definition) is 5. The van der Waals surface area contributed by atoms with E-state index in [4.69, 9.17) is 4.42 Å². The van der Waals surface area contributed by atoms with E-state index in [1.54, 1.807) is 19.1 Å². The molecule has 4 nitrogen and oxygen atoms in total. The molecule has 1 heterocycles. The van der Waals surface area contributed by atoms with Crippen LogP contribution in [-0.2, 0) is 0 Å². The molecule has 108 valence electrons. The Balaban J connectivity index is 2.00. The summed E-state index contributed by atoms with van der Waals surface area (Å²) in [6, 6.07) is 5.75. The van der Waals surface area contributed by atoms with Crippen LogP contribution in [0.5, 0.6) is 0 Å². The third-order valence-electron chi connectivity index (χ3n) is 2.38. The minimum absolute atomic E-state index is 0.141. The largest absolute Gasteiger partial charge is 0.446 e. The Morgan fingerprint density at radius 1 is 1.20 bits per heavy atom. The predicted octanol–water partition coefficient (Wildman–Crippen LogP) is 4.16. The van der Waals surface area contributed by atoms with Crippen molar-refractivity contribution in [2.24, 2.45) is 0 Å². The second-order valence-electron chi connectivity index (χ2n) is 4.10. The Morgan fingerprint density at radius 3 is 2.35 bits per heavy atom. The average Bonchev–Trinajstić information content (AvgIpc) is 2.77. The Bertz CT molecular complexity index is 568. The van der Waals surface area contributed by atoms with E-state index in [0.29, 0.717) is 17.5 Å². The smallest absolute Gasteiger partial charge is 0.423 e. The van der Waals surface area contributed by atoms with E-state index < -0.39 is 5.51 Å². The maximum atomic E-state index is 12.2. The van der Waals surface area contributed by atoms with Crippen molar-refractivity contribution in [3.8, 4) is 0 Å². The van der Waals surface area contributed by atoms with Crippen molar-refractivity contribution in [1.82, 2.24) is 10.2 Å². The molecule has 1 N–H and O–H groups in total. The molecule has 0 radical (unpaired) electrons. The number of alkyl halides is 3. The summed E-state index contributed by atoms with van der Waals surface area (Å²) in [5.41, 5.74) is -3.59. The molecular weight excluding hydrogens is 291 g/mol. The lowest BCUT2D eigenvalue weighted by molar-refractivity contribution is -0.0328. The fraction of sp³-hybridized carbons (Fsp3) is 0.333. The van der Waals surface area contributed by atoms with Gasteiger partial charge in [-0.1, -0.05) is 0 Å². The molecule has 1 unspecified atom stereocenters. The molecule has 20 heavy (non-hydrogen) atoms. The Hall–Kier alpha value is -1.70. The summed E-state index contributed by atoms with van der Waals surface area (Å²) in [6.07, 6.45) is 0. The molecule has 0 aliphatic carbocycles. The van der Waals surface area contributed by atoms with Gasteiger partial charge in [-0.25, -0.2) is 0 Å². The van der Waals surface area contributed by atoms with Gasteiger partial charge in [0.05, 0.1) is 0 Å². The zero-order valence-electron chi connectivity index (χ0n) is 10.7. The predicted molar refractivity (Wildman–Crippen MR) is 69.4 cm³/mol. The van der Waals surface area contributed by atoms with E-state index in [-0.39, 0.29) is 22.7 Å². The van der Waals surface area contributed by atoms with Gasteiger partial charge >= 0.3 is 5.51 Å². The first-order valence-corrected chi connectivity index (χ1v) is 6.57. The van der Waals surface area contributed by atoms with Gasteiger partial charge in [0.15, 0.2) is 0 Å². The number of nitrogens with zero attached hydrogens (tertiary/aromatic N) is 2. The van der Waals surface area contributed by atoms with Gasteiger partial charge < -0.3 is 9.73 Å². The van der Waals surface area contributed by atoms with Crippen LogP contribution in [0.25, 0.3) is 0 Å². The summed E-state index contributed by atoms with van der Waals surface area (Å²) in [6.45, 7) is 3.51. The molecule has 0 saturated carbocycles. The van der Waals surface area contributed by atoms with E-state index in [1.165, 1.54) is 12.1 Å². The number of rotatable bonds is 4. The van der Waals surface area contributed by atoms with Gasteiger partial charge in [-0.2, -0.15) is 13.2 Å².